The molecule has 0 aliphatic heterocycles. The lowest BCUT2D eigenvalue weighted by atomic mass is 10.1. The molecule has 0 amide bonds. The summed E-state index contributed by atoms with van der Waals surface area (Å²) in [7, 11) is 0. The maximum atomic E-state index is 10.9. The van der Waals surface area contributed by atoms with E-state index in [9.17, 15) is 10.1 Å². The standard InChI is InChI=1S/C14H12BrIN2O2/c1-9-6-11(16)3-5-13(9)17-8-10-2-4-12(15)14(7-10)18(19)20/h2-7,17H,8H2,1H3. The third-order valence-corrected chi connectivity index (χ3v) is 4.22. The number of aryl methyl sites for hydroxylation is 1. The van der Waals surface area contributed by atoms with Gasteiger partial charge in [0.05, 0.1) is 9.40 Å². The maximum absolute atomic E-state index is 10.9. The summed E-state index contributed by atoms with van der Waals surface area (Å²) in [5.41, 5.74) is 3.15. The van der Waals surface area contributed by atoms with Crippen LogP contribution in [0.5, 0.6) is 0 Å². The Kier molecular flexibility index (Phi) is 4.98. The molecule has 0 bridgehead atoms. The van der Waals surface area contributed by atoms with Crippen LogP contribution in [-0.2, 0) is 6.54 Å². The lowest BCUT2D eigenvalue weighted by Gasteiger charge is -2.10. The zero-order valence-electron chi connectivity index (χ0n) is 10.7. The molecule has 0 saturated heterocycles. The van der Waals surface area contributed by atoms with Crippen LogP contribution in [0.4, 0.5) is 11.4 Å². The monoisotopic (exact) mass is 446 g/mol. The SMILES string of the molecule is Cc1cc(I)ccc1NCc1ccc(Br)c([N+](=O)[O-])c1. The summed E-state index contributed by atoms with van der Waals surface area (Å²) < 4.78 is 1.68. The minimum atomic E-state index is -0.385. The molecule has 0 fully saturated rings. The first-order valence-corrected chi connectivity index (χ1v) is 7.77. The van der Waals surface area contributed by atoms with Crippen LogP contribution in [0.15, 0.2) is 40.9 Å². The van der Waals surface area contributed by atoms with Crippen molar-refractivity contribution in [2.24, 2.45) is 0 Å². The lowest BCUT2D eigenvalue weighted by molar-refractivity contribution is -0.385. The van der Waals surface area contributed by atoms with Crippen molar-refractivity contribution in [1.82, 2.24) is 0 Å². The highest BCUT2D eigenvalue weighted by molar-refractivity contribution is 14.1. The molecule has 0 heterocycles. The summed E-state index contributed by atoms with van der Waals surface area (Å²) in [4.78, 5) is 10.5. The number of hydrogen-bond donors (Lipinski definition) is 1. The Bertz CT molecular complexity index is 662. The largest absolute Gasteiger partial charge is 0.381 e. The van der Waals surface area contributed by atoms with E-state index in [4.69, 9.17) is 0 Å². The Hall–Kier alpha value is -1.15. The van der Waals surface area contributed by atoms with Crippen molar-refractivity contribution >= 4 is 49.9 Å². The highest BCUT2D eigenvalue weighted by atomic mass is 127. The van der Waals surface area contributed by atoms with Gasteiger partial charge in [0, 0.05) is 21.9 Å². The minimum Gasteiger partial charge on any atom is -0.381 e. The number of nitro groups is 1. The molecule has 0 atom stereocenters. The van der Waals surface area contributed by atoms with Gasteiger partial charge in [0.1, 0.15) is 0 Å². The zero-order valence-corrected chi connectivity index (χ0v) is 14.4. The van der Waals surface area contributed by atoms with Crippen LogP contribution >= 0.6 is 38.5 Å². The van der Waals surface area contributed by atoms with E-state index in [1.54, 1.807) is 12.1 Å². The lowest BCUT2D eigenvalue weighted by Crippen LogP contribution is -2.02. The summed E-state index contributed by atoms with van der Waals surface area (Å²) in [6.07, 6.45) is 0. The minimum absolute atomic E-state index is 0.0867. The summed E-state index contributed by atoms with van der Waals surface area (Å²) in [5.74, 6) is 0. The van der Waals surface area contributed by atoms with Crippen molar-refractivity contribution < 1.29 is 4.92 Å². The molecule has 2 aromatic rings. The van der Waals surface area contributed by atoms with Crippen molar-refractivity contribution in [3.05, 3.63) is 65.7 Å². The molecule has 1 N–H and O–H groups in total. The maximum Gasteiger partial charge on any atom is 0.283 e. The second-order valence-corrected chi connectivity index (χ2v) is 6.46. The molecule has 2 aromatic carbocycles. The predicted octanol–water partition coefficient (Wildman–Crippen LogP) is 4.88. The van der Waals surface area contributed by atoms with Gasteiger partial charge in [-0.15, -0.1) is 0 Å². The van der Waals surface area contributed by atoms with Gasteiger partial charge in [0.25, 0.3) is 5.69 Å². The molecule has 6 heteroatoms. The van der Waals surface area contributed by atoms with Gasteiger partial charge in [0.2, 0.25) is 0 Å². The third-order valence-electron chi connectivity index (χ3n) is 2.88. The molecule has 0 radical (unpaired) electrons. The zero-order chi connectivity index (χ0) is 14.7. The molecule has 0 aliphatic rings. The quantitative estimate of drug-likeness (QED) is 0.413. The van der Waals surface area contributed by atoms with Gasteiger partial charge in [-0.2, -0.15) is 0 Å². The van der Waals surface area contributed by atoms with Gasteiger partial charge in [-0.3, -0.25) is 10.1 Å². The molecular formula is C14H12BrIN2O2. The first-order chi connectivity index (χ1) is 9.47. The molecular weight excluding hydrogens is 435 g/mol. The van der Waals surface area contributed by atoms with Crippen molar-refractivity contribution in [2.75, 3.05) is 5.32 Å². The van der Waals surface area contributed by atoms with Crippen LogP contribution in [0.1, 0.15) is 11.1 Å². The fourth-order valence-electron chi connectivity index (χ4n) is 1.83. The number of benzene rings is 2. The molecule has 104 valence electrons. The Morgan fingerprint density at radius 2 is 2.05 bits per heavy atom. The van der Waals surface area contributed by atoms with E-state index >= 15 is 0 Å². The highest BCUT2D eigenvalue weighted by Crippen LogP contribution is 2.26. The average molecular weight is 447 g/mol. The normalized spacial score (nSPS) is 10.3. The first kappa shape index (κ1) is 15.2. The van der Waals surface area contributed by atoms with E-state index in [0.29, 0.717) is 11.0 Å². The number of halogens is 2. The number of rotatable bonds is 4. The van der Waals surface area contributed by atoms with Gasteiger partial charge in [-0.25, -0.2) is 0 Å². The Morgan fingerprint density at radius 3 is 2.70 bits per heavy atom. The molecule has 20 heavy (non-hydrogen) atoms. The summed E-state index contributed by atoms with van der Waals surface area (Å²) in [6, 6.07) is 11.3. The number of nitrogens with zero attached hydrogens (tertiary/aromatic N) is 1. The van der Waals surface area contributed by atoms with Crippen LogP contribution in [0.25, 0.3) is 0 Å². The van der Waals surface area contributed by atoms with Crippen molar-refractivity contribution in [2.45, 2.75) is 13.5 Å². The fraction of sp³-hybridized carbons (Fsp3) is 0.143. The van der Waals surface area contributed by atoms with Crippen LogP contribution < -0.4 is 5.32 Å². The van der Waals surface area contributed by atoms with Gasteiger partial charge >= 0.3 is 0 Å². The molecule has 2 rings (SSSR count). The Balaban J connectivity index is 2.15. The number of nitro benzene ring substituents is 1. The van der Waals surface area contributed by atoms with Crippen LogP contribution in [-0.4, -0.2) is 4.92 Å². The number of hydrogen-bond acceptors (Lipinski definition) is 3. The Morgan fingerprint density at radius 1 is 1.30 bits per heavy atom. The van der Waals surface area contributed by atoms with E-state index < -0.39 is 0 Å². The molecule has 4 nitrogen and oxygen atoms in total. The van der Waals surface area contributed by atoms with Crippen molar-refractivity contribution in [3.8, 4) is 0 Å². The van der Waals surface area contributed by atoms with Crippen LogP contribution in [0.2, 0.25) is 0 Å². The van der Waals surface area contributed by atoms with Gasteiger partial charge in [0.15, 0.2) is 0 Å². The number of anilines is 1. The smallest absolute Gasteiger partial charge is 0.283 e. The number of nitrogens with one attached hydrogen (secondary N) is 1. The predicted molar refractivity (Wildman–Crippen MR) is 92.0 cm³/mol. The second-order valence-electron chi connectivity index (χ2n) is 4.36. The van der Waals surface area contributed by atoms with E-state index in [1.807, 2.05) is 25.1 Å². The summed E-state index contributed by atoms with van der Waals surface area (Å²) in [6.45, 7) is 2.59. The first-order valence-electron chi connectivity index (χ1n) is 5.90. The van der Waals surface area contributed by atoms with Gasteiger partial charge < -0.3 is 5.32 Å². The Labute approximate surface area is 139 Å². The molecule has 0 saturated carbocycles. The molecule has 0 spiro atoms. The molecule has 0 unspecified atom stereocenters. The van der Waals surface area contributed by atoms with Crippen molar-refractivity contribution in [1.29, 1.82) is 0 Å². The van der Waals surface area contributed by atoms with E-state index in [-0.39, 0.29) is 10.6 Å². The van der Waals surface area contributed by atoms with Gasteiger partial charge in [-0.1, -0.05) is 6.07 Å². The molecule has 0 aromatic heterocycles. The van der Waals surface area contributed by atoms with E-state index in [1.165, 1.54) is 3.57 Å². The highest BCUT2D eigenvalue weighted by Gasteiger charge is 2.12. The van der Waals surface area contributed by atoms with Crippen molar-refractivity contribution in [3.63, 3.8) is 0 Å². The third kappa shape index (κ3) is 3.69. The van der Waals surface area contributed by atoms with E-state index in [0.717, 1.165) is 16.8 Å². The van der Waals surface area contributed by atoms with Crippen LogP contribution in [0, 0.1) is 20.6 Å². The fourth-order valence-corrected chi connectivity index (χ4v) is 2.87. The van der Waals surface area contributed by atoms with E-state index in [2.05, 4.69) is 49.9 Å². The topological polar surface area (TPSA) is 55.2 Å². The van der Waals surface area contributed by atoms with Gasteiger partial charge in [-0.05, 0) is 80.8 Å². The molecule has 0 aliphatic carbocycles. The summed E-state index contributed by atoms with van der Waals surface area (Å²) >= 11 is 5.45. The average Bonchev–Trinajstić information content (AvgIpc) is 2.39. The second kappa shape index (κ2) is 6.53. The summed E-state index contributed by atoms with van der Waals surface area (Å²) in [5, 5.41) is 14.2. The van der Waals surface area contributed by atoms with Crippen LogP contribution in [0.3, 0.4) is 0 Å².